The molecule has 0 radical (unpaired) electrons. The van der Waals surface area contributed by atoms with E-state index in [0.29, 0.717) is 13.1 Å². The van der Waals surface area contributed by atoms with Gasteiger partial charge in [-0.05, 0) is 46.4 Å². The Morgan fingerprint density at radius 1 is 1.35 bits per heavy atom. The normalized spacial score (nSPS) is 20.3. The van der Waals surface area contributed by atoms with Crippen molar-refractivity contribution in [3.63, 3.8) is 0 Å². The molecule has 5 nitrogen and oxygen atoms in total. The zero-order valence-corrected chi connectivity index (χ0v) is 14.5. The summed E-state index contributed by atoms with van der Waals surface area (Å²) in [4.78, 5) is 16.4. The van der Waals surface area contributed by atoms with Gasteiger partial charge in [0.05, 0.1) is 24.4 Å². The molecule has 1 aliphatic heterocycles. The first-order valence-electron chi connectivity index (χ1n) is 8.16. The van der Waals surface area contributed by atoms with Crippen LogP contribution in [0.15, 0.2) is 30.3 Å². The fourth-order valence-corrected chi connectivity index (χ4v) is 2.80. The van der Waals surface area contributed by atoms with Crippen LogP contribution in [0.3, 0.4) is 0 Å². The van der Waals surface area contributed by atoms with Gasteiger partial charge in [-0.3, -0.25) is 9.69 Å². The maximum absolute atomic E-state index is 12.6. The number of carbonyl (C=O) groups excluding carboxylic acids is 1. The number of anilines is 1. The molecule has 1 aromatic rings. The topological polar surface area (TPSA) is 53.0 Å². The average molecular weight is 320 g/mol. The summed E-state index contributed by atoms with van der Waals surface area (Å²) in [6.45, 7) is 7.30. The van der Waals surface area contributed by atoms with Crippen LogP contribution in [0.4, 0.5) is 5.69 Å². The van der Waals surface area contributed by atoms with Crippen LogP contribution < -0.4 is 4.90 Å². The van der Waals surface area contributed by atoms with Gasteiger partial charge in [-0.1, -0.05) is 18.2 Å². The number of aliphatic hydroxyl groups is 1. The Kier molecular flexibility index (Phi) is 5.79. The van der Waals surface area contributed by atoms with Gasteiger partial charge in [-0.25, -0.2) is 0 Å². The fourth-order valence-electron chi connectivity index (χ4n) is 2.80. The van der Waals surface area contributed by atoms with Gasteiger partial charge in [-0.15, -0.1) is 0 Å². The number of amides is 1. The van der Waals surface area contributed by atoms with Gasteiger partial charge < -0.3 is 14.7 Å². The van der Waals surface area contributed by atoms with Gasteiger partial charge in [0.25, 0.3) is 0 Å². The van der Waals surface area contributed by atoms with Crippen LogP contribution in [0, 0.1) is 0 Å². The molecule has 2 unspecified atom stereocenters. The summed E-state index contributed by atoms with van der Waals surface area (Å²) in [5, 5.41) is 10.1. The largest absolute Gasteiger partial charge is 0.389 e. The Morgan fingerprint density at radius 3 is 2.61 bits per heavy atom. The second-order valence-electron chi connectivity index (χ2n) is 7.15. The first-order chi connectivity index (χ1) is 10.8. The summed E-state index contributed by atoms with van der Waals surface area (Å²) in [6.07, 6.45) is 0.176. The van der Waals surface area contributed by atoms with E-state index in [1.165, 1.54) is 0 Å². The molecule has 128 valence electrons. The Bertz CT molecular complexity index is 513. The molecule has 1 saturated heterocycles. The van der Waals surface area contributed by atoms with E-state index in [1.807, 2.05) is 68.0 Å². The number of aliphatic hydroxyl groups excluding tert-OH is 1. The number of benzene rings is 1. The van der Waals surface area contributed by atoms with E-state index in [0.717, 1.165) is 12.1 Å². The van der Waals surface area contributed by atoms with E-state index < -0.39 is 6.10 Å². The predicted molar refractivity (Wildman–Crippen MR) is 91.5 cm³/mol. The number of hydrogen-bond donors (Lipinski definition) is 1. The second kappa shape index (κ2) is 7.43. The quantitative estimate of drug-likeness (QED) is 0.870. The van der Waals surface area contributed by atoms with Crippen molar-refractivity contribution in [3.05, 3.63) is 30.3 Å². The third-order valence-electron chi connectivity index (χ3n) is 3.98. The Hall–Kier alpha value is -1.43. The van der Waals surface area contributed by atoms with E-state index >= 15 is 0 Å². The third-order valence-corrected chi connectivity index (χ3v) is 3.98. The van der Waals surface area contributed by atoms with Crippen LogP contribution >= 0.6 is 0 Å². The molecule has 2 atom stereocenters. The van der Waals surface area contributed by atoms with Crippen molar-refractivity contribution in [2.45, 2.75) is 44.9 Å². The van der Waals surface area contributed by atoms with E-state index in [1.54, 1.807) is 0 Å². The lowest BCUT2D eigenvalue weighted by atomic mass is 10.2. The van der Waals surface area contributed by atoms with Crippen molar-refractivity contribution in [2.24, 2.45) is 0 Å². The smallest absolute Gasteiger partial charge is 0.244 e. The lowest BCUT2D eigenvalue weighted by Gasteiger charge is -2.27. The average Bonchev–Trinajstić information content (AvgIpc) is 2.87. The minimum Gasteiger partial charge on any atom is -0.389 e. The van der Waals surface area contributed by atoms with Crippen LogP contribution in [0.25, 0.3) is 0 Å². The molecular weight excluding hydrogens is 292 g/mol. The number of likely N-dealkylation sites (N-methyl/N-ethyl adjacent to an activating group) is 1. The summed E-state index contributed by atoms with van der Waals surface area (Å²) in [5.41, 5.74) is 0.664. The van der Waals surface area contributed by atoms with Crippen LogP contribution in [0.5, 0.6) is 0 Å². The maximum Gasteiger partial charge on any atom is 0.244 e. The molecule has 1 aliphatic rings. The second-order valence-corrected chi connectivity index (χ2v) is 7.15. The number of ether oxygens (including phenoxy) is 1. The van der Waals surface area contributed by atoms with Crippen molar-refractivity contribution in [3.8, 4) is 0 Å². The van der Waals surface area contributed by atoms with Crippen molar-refractivity contribution in [1.82, 2.24) is 4.90 Å². The number of nitrogens with zero attached hydrogens (tertiary/aromatic N) is 2. The Balaban J connectivity index is 1.88. The maximum atomic E-state index is 12.6. The van der Waals surface area contributed by atoms with Crippen LogP contribution in [0.2, 0.25) is 0 Å². The molecule has 0 bridgehead atoms. The van der Waals surface area contributed by atoms with Crippen molar-refractivity contribution in [2.75, 3.05) is 31.6 Å². The highest BCUT2D eigenvalue weighted by Crippen LogP contribution is 2.23. The van der Waals surface area contributed by atoms with E-state index in [4.69, 9.17) is 4.74 Å². The Labute approximate surface area is 138 Å². The molecule has 5 heteroatoms. The molecule has 1 aromatic carbocycles. The molecule has 0 aliphatic carbocycles. The molecule has 1 fully saturated rings. The molecule has 1 amide bonds. The number of carbonyl (C=O) groups is 1. The lowest BCUT2D eigenvalue weighted by molar-refractivity contribution is -0.122. The van der Waals surface area contributed by atoms with Crippen LogP contribution in [-0.2, 0) is 9.53 Å². The van der Waals surface area contributed by atoms with Gasteiger partial charge >= 0.3 is 0 Å². The predicted octanol–water partition coefficient (Wildman–Crippen LogP) is 1.90. The molecule has 0 spiro atoms. The van der Waals surface area contributed by atoms with E-state index in [9.17, 15) is 9.90 Å². The standard InChI is InChI=1S/C18H28N2O3/c1-18(2,3)23-13-15(21)12-19(4)16-10-11-20(17(16)22)14-8-6-5-7-9-14/h5-9,15-16,21H,10-13H2,1-4H3. The fraction of sp³-hybridized carbons (Fsp3) is 0.611. The van der Waals surface area contributed by atoms with Gasteiger partial charge in [-0.2, -0.15) is 0 Å². The van der Waals surface area contributed by atoms with E-state index in [2.05, 4.69) is 0 Å². The zero-order chi connectivity index (χ0) is 17.0. The number of hydrogen-bond acceptors (Lipinski definition) is 4. The first kappa shape index (κ1) is 17.9. The minimum atomic E-state index is -0.599. The van der Waals surface area contributed by atoms with Crippen molar-refractivity contribution < 1.29 is 14.6 Å². The molecule has 1 heterocycles. The highest BCUT2D eigenvalue weighted by molar-refractivity contribution is 5.99. The van der Waals surface area contributed by atoms with Gasteiger partial charge in [0.15, 0.2) is 0 Å². The molecule has 23 heavy (non-hydrogen) atoms. The Morgan fingerprint density at radius 2 is 2.00 bits per heavy atom. The zero-order valence-electron chi connectivity index (χ0n) is 14.5. The first-order valence-corrected chi connectivity index (χ1v) is 8.16. The highest BCUT2D eigenvalue weighted by Gasteiger charge is 2.35. The molecule has 1 N–H and O–H groups in total. The summed E-state index contributed by atoms with van der Waals surface area (Å²) in [7, 11) is 1.89. The van der Waals surface area contributed by atoms with Gasteiger partial charge in [0, 0.05) is 18.8 Å². The summed E-state index contributed by atoms with van der Waals surface area (Å²) < 4.78 is 5.60. The summed E-state index contributed by atoms with van der Waals surface area (Å²) in [6, 6.07) is 9.54. The van der Waals surface area contributed by atoms with Gasteiger partial charge in [0.2, 0.25) is 5.91 Å². The van der Waals surface area contributed by atoms with Crippen molar-refractivity contribution in [1.29, 1.82) is 0 Å². The molecule has 0 aromatic heterocycles. The number of rotatable bonds is 6. The summed E-state index contributed by atoms with van der Waals surface area (Å²) >= 11 is 0. The minimum absolute atomic E-state index is 0.0997. The van der Waals surface area contributed by atoms with Crippen LogP contribution in [-0.4, -0.2) is 60.4 Å². The van der Waals surface area contributed by atoms with Gasteiger partial charge in [0.1, 0.15) is 0 Å². The summed E-state index contributed by atoms with van der Waals surface area (Å²) in [5.74, 6) is 0.0997. The molecule has 2 rings (SSSR count). The number of para-hydroxylation sites is 1. The molecule has 0 saturated carbocycles. The van der Waals surface area contributed by atoms with Crippen LogP contribution in [0.1, 0.15) is 27.2 Å². The van der Waals surface area contributed by atoms with E-state index in [-0.39, 0.29) is 24.2 Å². The molecular formula is C18H28N2O3. The third kappa shape index (κ3) is 5.03. The monoisotopic (exact) mass is 320 g/mol. The SMILES string of the molecule is CN(CC(O)COC(C)(C)C)C1CCN(c2ccccc2)C1=O. The van der Waals surface area contributed by atoms with Crippen molar-refractivity contribution >= 4 is 11.6 Å². The highest BCUT2D eigenvalue weighted by atomic mass is 16.5. The lowest BCUT2D eigenvalue weighted by Crippen LogP contribution is -2.44.